The molecule has 0 aliphatic heterocycles. The van der Waals surface area contributed by atoms with Crippen LogP contribution in [0.1, 0.15) is 26.7 Å². The summed E-state index contributed by atoms with van der Waals surface area (Å²) in [6.07, 6.45) is 0.904. The zero-order chi connectivity index (χ0) is 9.56. The van der Waals surface area contributed by atoms with Gasteiger partial charge in [0.05, 0.1) is 4.99 Å². The lowest BCUT2D eigenvalue weighted by molar-refractivity contribution is -0.121. The summed E-state index contributed by atoms with van der Waals surface area (Å²) in [4.78, 5) is 11.4. The summed E-state index contributed by atoms with van der Waals surface area (Å²) in [5, 5.41) is 2.78. The molecule has 0 atom stereocenters. The average molecular weight is 188 g/mol. The van der Waals surface area contributed by atoms with Crippen molar-refractivity contribution in [3.8, 4) is 0 Å². The van der Waals surface area contributed by atoms with E-state index in [1.54, 1.807) is 0 Å². The van der Waals surface area contributed by atoms with E-state index in [1.165, 1.54) is 0 Å². The van der Waals surface area contributed by atoms with E-state index in [0.29, 0.717) is 23.7 Å². The quantitative estimate of drug-likeness (QED) is 0.628. The molecule has 4 heteroatoms. The molecule has 0 aliphatic carbocycles. The Balaban J connectivity index is 3.40. The molecule has 0 rings (SSSR count). The van der Waals surface area contributed by atoms with Crippen molar-refractivity contribution in [2.24, 2.45) is 11.7 Å². The largest absolute Gasteiger partial charge is 0.393 e. The standard InChI is InChI=1S/C8H16N2OS/c1-6(2)5-10-8(11)4-3-7(9)12/h6H,3-5H2,1-2H3,(H2,9,12)(H,10,11). The van der Waals surface area contributed by atoms with Gasteiger partial charge in [0, 0.05) is 19.4 Å². The van der Waals surface area contributed by atoms with Gasteiger partial charge in [0.1, 0.15) is 0 Å². The molecule has 3 nitrogen and oxygen atoms in total. The molecular weight excluding hydrogens is 172 g/mol. The molecule has 0 fully saturated rings. The Morgan fingerprint density at radius 3 is 2.50 bits per heavy atom. The molecule has 0 aromatic rings. The lowest BCUT2D eigenvalue weighted by Crippen LogP contribution is -2.28. The van der Waals surface area contributed by atoms with Crippen molar-refractivity contribution in [1.82, 2.24) is 5.32 Å². The van der Waals surface area contributed by atoms with Crippen molar-refractivity contribution in [2.45, 2.75) is 26.7 Å². The van der Waals surface area contributed by atoms with Gasteiger partial charge in [-0.05, 0) is 5.92 Å². The summed E-state index contributed by atoms with van der Waals surface area (Å²) in [7, 11) is 0. The Kier molecular flexibility index (Phi) is 5.62. The van der Waals surface area contributed by atoms with Gasteiger partial charge in [0.25, 0.3) is 0 Å². The smallest absolute Gasteiger partial charge is 0.220 e. The third-order valence-electron chi connectivity index (χ3n) is 1.31. The van der Waals surface area contributed by atoms with Crippen LogP contribution in [0.15, 0.2) is 0 Å². The number of amides is 1. The second-order valence-electron chi connectivity index (χ2n) is 3.16. The van der Waals surface area contributed by atoms with Gasteiger partial charge in [-0.3, -0.25) is 4.79 Å². The number of nitrogens with one attached hydrogen (secondary N) is 1. The van der Waals surface area contributed by atoms with E-state index in [9.17, 15) is 4.79 Å². The van der Waals surface area contributed by atoms with Crippen LogP contribution in [0.2, 0.25) is 0 Å². The highest BCUT2D eigenvalue weighted by Crippen LogP contribution is 1.91. The summed E-state index contributed by atoms with van der Waals surface area (Å²) in [5.41, 5.74) is 5.25. The number of rotatable bonds is 5. The summed E-state index contributed by atoms with van der Waals surface area (Å²) < 4.78 is 0. The lowest BCUT2D eigenvalue weighted by Gasteiger charge is -2.06. The number of carbonyl (C=O) groups is 1. The SMILES string of the molecule is CC(C)CNC(=O)CCC(N)=S. The van der Waals surface area contributed by atoms with Crippen molar-refractivity contribution in [2.75, 3.05) is 6.54 Å². The predicted molar refractivity (Wildman–Crippen MR) is 53.9 cm³/mol. The maximum absolute atomic E-state index is 11.0. The minimum absolute atomic E-state index is 0.0245. The van der Waals surface area contributed by atoms with Crippen molar-refractivity contribution in [3.05, 3.63) is 0 Å². The first-order valence-corrected chi connectivity index (χ1v) is 4.48. The third-order valence-corrected chi connectivity index (χ3v) is 1.51. The monoisotopic (exact) mass is 188 g/mol. The minimum atomic E-state index is 0.0245. The molecule has 0 aromatic carbocycles. The molecule has 0 aromatic heterocycles. The number of hydrogen-bond acceptors (Lipinski definition) is 2. The Morgan fingerprint density at radius 2 is 2.08 bits per heavy atom. The molecule has 0 aliphatic rings. The van der Waals surface area contributed by atoms with Crippen molar-refractivity contribution < 1.29 is 4.79 Å². The number of nitrogens with two attached hydrogens (primary N) is 1. The Labute approximate surface area is 78.7 Å². The van der Waals surface area contributed by atoms with Crippen LogP contribution >= 0.6 is 12.2 Å². The first-order valence-electron chi connectivity index (χ1n) is 4.07. The highest BCUT2D eigenvalue weighted by Gasteiger charge is 2.02. The fraction of sp³-hybridized carbons (Fsp3) is 0.750. The van der Waals surface area contributed by atoms with Gasteiger partial charge in [-0.25, -0.2) is 0 Å². The van der Waals surface area contributed by atoms with E-state index in [2.05, 4.69) is 17.5 Å². The first-order chi connectivity index (χ1) is 5.52. The van der Waals surface area contributed by atoms with Gasteiger partial charge < -0.3 is 11.1 Å². The van der Waals surface area contributed by atoms with E-state index >= 15 is 0 Å². The molecule has 0 radical (unpaired) electrons. The molecule has 0 spiro atoms. The van der Waals surface area contributed by atoms with Crippen LogP contribution in [-0.2, 0) is 4.79 Å². The van der Waals surface area contributed by atoms with Crippen molar-refractivity contribution in [1.29, 1.82) is 0 Å². The molecule has 0 heterocycles. The second-order valence-corrected chi connectivity index (χ2v) is 3.69. The van der Waals surface area contributed by atoms with E-state index in [4.69, 9.17) is 5.73 Å². The Morgan fingerprint density at radius 1 is 1.50 bits per heavy atom. The van der Waals surface area contributed by atoms with Crippen molar-refractivity contribution in [3.63, 3.8) is 0 Å². The topological polar surface area (TPSA) is 55.1 Å². The molecule has 1 amide bonds. The van der Waals surface area contributed by atoms with Gasteiger partial charge in [-0.2, -0.15) is 0 Å². The van der Waals surface area contributed by atoms with Gasteiger partial charge in [0.15, 0.2) is 0 Å². The van der Waals surface area contributed by atoms with Gasteiger partial charge >= 0.3 is 0 Å². The van der Waals surface area contributed by atoms with Crippen LogP contribution in [0.4, 0.5) is 0 Å². The van der Waals surface area contributed by atoms with E-state index in [1.807, 2.05) is 13.8 Å². The zero-order valence-corrected chi connectivity index (χ0v) is 8.41. The average Bonchev–Trinajstić information content (AvgIpc) is 1.96. The van der Waals surface area contributed by atoms with Gasteiger partial charge in [-0.15, -0.1) is 0 Å². The maximum atomic E-state index is 11.0. The van der Waals surface area contributed by atoms with Crippen LogP contribution in [0, 0.1) is 5.92 Å². The molecule has 0 bridgehead atoms. The molecule has 0 saturated heterocycles. The van der Waals surface area contributed by atoms with E-state index in [0.717, 1.165) is 6.54 Å². The Hall–Kier alpha value is -0.640. The molecule has 70 valence electrons. The molecular formula is C8H16N2OS. The van der Waals surface area contributed by atoms with Crippen LogP contribution in [0.25, 0.3) is 0 Å². The van der Waals surface area contributed by atoms with Gasteiger partial charge in [0.2, 0.25) is 5.91 Å². The zero-order valence-electron chi connectivity index (χ0n) is 7.59. The molecule has 0 unspecified atom stereocenters. The van der Waals surface area contributed by atoms with Crippen LogP contribution < -0.4 is 11.1 Å². The summed E-state index contributed by atoms with van der Waals surface area (Å²) in [5.74, 6) is 0.510. The summed E-state index contributed by atoms with van der Waals surface area (Å²) in [6.45, 7) is 4.82. The van der Waals surface area contributed by atoms with E-state index in [-0.39, 0.29) is 5.91 Å². The highest BCUT2D eigenvalue weighted by atomic mass is 32.1. The van der Waals surface area contributed by atoms with Crippen LogP contribution in [-0.4, -0.2) is 17.4 Å². The fourth-order valence-electron chi connectivity index (χ4n) is 0.643. The minimum Gasteiger partial charge on any atom is -0.393 e. The lowest BCUT2D eigenvalue weighted by atomic mass is 10.2. The molecule has 3 N–H and O–H groups in total. The van der Waals surface area contributed by atoms with E-state index < -0.39 is 0 Å². The predicted octanol–water partition coefficient (Wildman–Crippen LogP) is 0.825. The normalized spacial score (nSPS) is 9.92. The van der Waals surface area contributed by atoms with Crippen molar-refractivity contribution >= 4 is 23.1 Å². The second kappa shape index (κ2) is 5.94. The van der Waals surface area contributed by atoms with Crippen LogP contribution in [0.3, 0.4) is 0 Å². The van der Waals surface area contributed by atoms with Gasteiger partial charge in [-0.1, -0.05) is 26.1 Å². The maximum Gasteiger partial charge on any atom is 0.220 e. The summed E-state index contributed by atoms with van der Waals surface area (Å²) >= 11 is 4.65. The number of hydrogen-bond donors (Lipinski definition) is 2. The highest BCUT2D eigenvalue weighted by molar-refractivity contribution is 7.80. The first kappa shape index (κ1) is 11.4. The third kappa shape index (κ3) is 7.47. The number of carbonyl (C=O) groups excluding carboxylic acids is 1. The Bertz CT molecular complexity index is 168. The summed E-state index contributed by atoms with van der Waals surface area (Å²) in [6, 6.07) is 0. The molecule has 0 saturated carbocycles. The molecule has 12 heavy (non-hydrogen) atoms. The fourth-order valence-corrected chi connectivity index (χ4v) is 0.745. The number of thiocarbonyl (C=S) groups is 1. The van der Waals surface area contributed by atoms with Crippen LogP contribution in [0.5, 0.6) is 0 Å².